The molecule has 1 aromatic rings. The second-order valence-corrected chi connectivity index (χ2v) is 13.4. The number of hydrogen-bond donors (Lipinski definition) is 0. The average molecular weight is 576 g/mol. The molecule has 14 heteroatoms. The molecule has 0 aliphatic carbocycles. The van der Waals surface area contributed by atoms with Gasteiger partial charge in [-0.2, -0.15) is 0 Å². The minimum absolute atomic E-state index is 0.241. The predicted molar refractivity (Wildman–Crippen MR) is 149 cm³/mol. The lowest BCUT2D eigenvalue weighted by molar-refractivity contribution is 0.0476. The molecule has 0 radical (unpaired) electrons. The van der Waals surface area contributed by atoms with Crippen LogP contribution in [0.2, 0.25) is 0 Å². The molecule has 1 rings (SSSR count). The van der Waals surface area contributed by atoms with Gasteiger partial charge in [-0.05, 0) is 54.4 Å². The van der Waals surface area contributed by atoms with Gasteiger partial charge in [-0.25, -0.2) is 28.1 Å². The largest absolute Gasteiger partial charge is 0.525 e. The van der Waals surface area contributed by atoms with Gasteiger partial charge in [0.1, 0.15) is 11.3 Å². The van der Waals surface area contributed by atoms with E-state index in [1.54, 1.807) is 55.4 Å². The summed E-state index contributed by atoms with van der Waals surface area (Å²) in [6.07, 6.45) is 1.63. The van der Waals surface area contributed by atoms with E-state index in [0.29, 0.717) is 0 Å². The standard InChI is InChI=1S/C24H45N3O9Si2/c1-10-19-25-22(28)26(20(11-2)37(31-13-4,32-14-5)33-15-6)24(30)27(23(25)29)21(12-3)38(34-16-7,35-17-8)36-18-9/h19-21H,1,11-18H2,2-9H3. The molecular formula is C24H45N3O9Si2. The van der Waals surface area contributed by atoms with Gasteiger partial charge in [0, 0.05) is 39.6 Å². The van der Waals surface area contributed by atoms with E-state index in [4.69, 9.17) is 26.6 Å². The Labute approximate surface area is 227 Å². The van der Waals surface area contributed by atoms with Crippen molar-refractivity contribution in [1.82, 2.24) is 13.7 Å². The predicted octanol–water partition coefficient (Wildman–Crippen LogP) is 2.50. The number of hydrogen-bond acceptors (Lipinski definition) is 9. The lowest BCUT2D eigenvalue weighted by atomic mass is 10.4. The average Bonchev–Trinajstić information content (AvgIpc) is 2.87. The first-order chi connectivity index (χ1) is 18.2. The van der Waals surface area contributed by atoms with Crippen LogP contribution in [-0.2, 0) is 26.6 Å². The first kappa shape index (κ1) is 34.2. The molecule has 0 amide bonds. The summed E-state index contributed by atoms with van der Waals surface area (Å²) >= 11 is 0. The van der Waals surface area contributed by atoms with E-state index in [2.05, 4.69) is 12.3 Å². The summed E-state index contributed by atoms with van der Waals surface area (Å²) < 4.78 is 39.2. The van der Waals surface area contributed by atoms with Crippen molar-refractivity contribution in [3.05, 3.63) is 43.8 Å². The fourth-order valence-corrected chi connectivity index (χ4v) is 10.7. The van der Waals surface area contributed by atoms with Crippen molar-refractivity contribution in [1.29, 1.82) is 0 Å². The van der Waals surface area contributed by atoms with Gasteiger partial charge in [0.25, 0.3) is 0 Å². The van der Waals surface area contributed by atoms with Crippen LogP contribution in [0.1, 0.15) is 79.6 Å². The van der Waals surface area contributed by atoms with Crippen LogP contribution in [0.15, 0.2) is 26.7 Å². The van der Waals surface area contributed by atoms with E-state index in [9.17, 15) is 14.4 Å². The molecule has 0 bridgehead atoms. The summed E-state index contributed by atoms with van der Waals surface area (Å²) in [6, 6.07) is 0. The summed E-state index contributed by atoms with van der Waals surface area (Å²) in [5, 5.41) is 0. The normalized spacial score (nSPS) is 13.8. The van der Waals surface area contributed by atoms with Crippen LogP contribution in [0.25, 0.3) is 6.20 Å². The van der Waals surface area contributed by atoms with Crippen LogP contribution >= 0.6 is 0 Å². The van der Waals surface area contributed by atoms with Gasteiger partial charge in [0.2, 0.25) is 0 Å². The highest BCUT2D eigenvalue weighted by atomic mass is 28.4. The first-order valence-electron chi connectivity index (χ1n) is 13.4. The van der Waals surface area contributed by atoms with Crippen molar-refractivity contribution in [2.24, 2.45) is 0 Å². The van der Waals surface area contributed by atoms with E-state index in [1.165, 1.54) is 0 Å². The van der Waals surface area contributed by atoms with Gasteiger partial charge < -0.3 is 26.6 Å². The van der Waals surface area contributed by atoms with Crippen molar-refractivity contribution in [2.45, 2.75) is 79.6 Å². The molecule has 0 aromatic carbocycles. The van der Waals surface area contributed by atoms with Crippen LogP contribution < -0.4 is 17.1 Å². The monoisotopic (exact) mass is 575 g/mol. The van der Waals surface area contributed by atoms with Crippen molar-refractivity contribution in [3.8, 4) is 0 Å². The summed E-state index contributed by atoms with van der Waals surface area (Å²) in [6.45, 7) is 19.3. The van der Waals surface area contributed by atoms with Gasteiger partial charge in [-0.3, -0.25) is 0 Å². The third-order valence-corrected chi connectivity index (χ3v) is 12.9. The van der Waals surface area contributed by atoms with Crippen LogP contribution in [0.5, 0.6) is 0 Å². The van der Waals surface area contributed by atoms with Crippen molar-refractivity contribution < 1.29 is 26.6 Å². The maximum Gasteiger partial charge on any atom is 0.525 e. The molecular weight excluding hydrogens is 530 g/mol. The molecule has 0 spiro atoms. The zero-order valence-electron chi connectivity index (χ0n) is 24.1. The maximum atomic E-state index is 14.3. The van der Waals surface area contributed by atoms with Crippen molar-refractivity contribution in [2.75, 3.05) is 39.6 Å². The SMILES string of the molecule is C=C=Cn1c(=O)n(C(CC)[Si](OCC)(OCC)OCC)c(=O)n(C(CC)[Si](OCC)(OCC)OCC)c1=O. The zero-order chi connectivity index (χ0) is 28.9. The Morgan fingerprint density at radius 2 is 0.921 bits per heavy atom. The van der Waals surface area contributed by atoms with Crippen molar-refractivity contribution >= 4 is 23.8 Å². The molecule has 218 valence electrons. The zero-order valence-corrected chi connectivity index (χ0v) is 26.1. The number of nitrogens with zero attached hydrogens (tertiary/aromatic N) is 3. The molecule has 1 aromatic heterocycles. The van der Waals surface area contributed by atoms with Gasteiger partial charge >= 0.3 is 34.7 Å². The molecule has 1 heterocycles. The molecule has 0 saturated heterocycles. The molecule has 0 aliphatic heterocycles. The lowest BCUT2D eigenvalue weighted by Gasteiger charge is -2.37. The van der Waals surface area contributed by atoms with Gasteiger partial charge in [-0.15, -0.1) is 5.73 Å². The topological polar surface area (TPSA) is 121 Å². The van der Waals surface area contributed by atoms with Gasteiger partial charge in [0.15, 0.2) is 0 Å². The second kappa shape index (κ2) is 16.3. The summed E-state index contributed by atoms with van der Waals surface area (Å²) in [5.74, 6) is 0. The first-order valence-corrected chi connectivity index (χ1v) is 17.0. The molecule has 12 nitrogen and oxygen atoms in total. The van der Waals surface area contributed by atoms with Crippen LogP contribution in [0, 0.1) is 0 Å². The fraction of sp³-hybridized carbons (Fsp3) is 0.750. The molecule has 2 atom stereocenters. The van der Waals surface area contributed by atoms with Crippen LogP contribution in [-0.4, -0.2) is 71.0 Å². The third kappa shape index (κ3) is 7.00. The summed E-state index contributed by atoms with van der Waals surface area (Å²) in [5.41, 5.74) is -1.95. The second-order valence-electron chi connectivity index (χ2n) is 7.94. The Hall–Kier alpha value is -1.88. The number of rotatable bonds is 19. The summed E-state index contributed by atoms with van der Waals surface area (Å²) in [4.78, 5) is 41.7. The number of aromatic nitrogens is 3. The minimum Gasteiger partial charge on any atom is -0.373 e. The highest BCUT2D eigenvalue weighted by Crippen LogP contribution is 2.29. The quantitative estimate of drug-likeness (QED) is 0.181. The Kier molecular flexibility index (Phi) is 14.6. The van der Waals surface area contributed by atoms with Gasteiger partial charge in [-0.1, -0.05) is 20.4 Å². The molecule has 2 unspecified atom stereocenters. The highest BCUT2D eigenvalue weighted by molar-refractivity contribution is 6.62. The molecule has 38 heavy (non-hydrogen) atoms. The smallest absolute Gasteiger partial charge is 0.373 e. The van der Waals surface area contributed by atoms with E-state index in [-0.39, 0.29) is 52.5 Å². The Morgan fingerprint density at radius 3 is 1.13 bits per heavy atom. The lowest BCUT2D eigenvalue weighted by Crippen LogP contribution is -2.65. The molecule has 0 fully saturated rings. The van der Waals surface area contributed by atoms with Crippen LogP contribution in [0.4, 0.5) is 0 Å². The minimum atomic E-state index is -3.65. The molecule has 0 saturated carbocycles. The summed E-state index contributed by atoms with van der Waals surface area (Å²) in [7, 11) is -7.30. The van der Waals surface area contributed by atoms with E-state index in [0.717, 1.165) is 19.9 Å². The van der Waals surface area contributed by atoms with Gasteiger partial charge in [0.05, 0.1) is 6.20 Å². The molecule has 0 aliphatic rings. The van der Waals surface area contributed by atoms with E-state index < -0.39 is 46.0 Å². The third-order valence-electron chi connectivity index (χ3n) is 5.74. The van der Waals surface area contributed by atoms with E-state index >= 15 is 0 Å². The molecule has 0 N–H and O–H groups in total. The van der Waals surface area contributed by atoms with Crippen molar-refractivity contribution in [3.63, 3.8) is 0 Å². The van der Waals surface area contributed by atoms with E-state index in [1.807, 2.05) is 0 Å². The Bertz CT molecular complexity index is 989. The fourth-order valence-electron chi connectivity index (χ4n) is 4.54. The Morgan fingerprint density at radius 1 is 0.632 bits per heavy atom. The highest BCUT2D eigenvalue weighted by Gasteiger charge is 2.54. The maximum absolute atomic E-state index is 14.3. The van der Waals surface area contributed by atoms with Crippen LogP contribution in [0.3, 0.4) is 0 Å². The Balaban J connectivity index is 4.31.